The van der Waals surface area contributed by atoms with Crippen LogP contribution in [-0.2, 0) is 133 Å². The van der Waals surface area contributed by atoms with Crippen LogP contribution in [-0.4, -0.2) is 634 Å². The van der Waals surface area contributed by atoms with E-state index in [1.165, 1.54) is 6.92 Å². The van der Waals surface area contributed by atoms with E-state index in [4.69, 9.17) is 109 Å². The molecule has 12 saturated heterocycles. The SMILES string of the molecule is CC(=O)N[C@@H]1[C@@H](O)[C@H](O[C@@H]2O[C@H](CO)[C@@H](O[C@@H]3O[C@H](CO[C@H]4O[C@H](CO)[C@@H](O)[C@H](O)[C@@H]4O[C@@H]4O[C@H](CO)[C@@H](O[C@@H]5O[C@H](CO)[C@H](O)[C@H](O)[C@H]5O)[C@H](O)[C@H]4NC(C)=O)[C@@H](O)[C@H](O[C@H]4O[C@H](CO)[C@@H](O[C@@H]5O[C@H](CO)[C@@H](O[C@@H]6O[C@H](CO)[C@H](O)[C@H](O)[C@H]6O[C@@H]6O[C@@H](C)[C@@H](O)[C@@H](O)[C@@H]6O)[C@H](O)[C@H]5NC(C)=O)[C@H](O)[C@@H]4O[C@@H]4O[C@H](CO)[C@@H](O[C@@H]5O[C@H](CO)[C@H](O)[C@H](O)[C@H]5O)[C@H](O)[C@H]4NC(C)=O)[C@@H]3O)[C@H](O)[C@H]2NC(C)=O)[C@@H](CO)O[C@H]1O. The molecule has 0 aromatic rings. The Morgan fingerprint density at radius 1 is 0.190 bits per heavy atom. The quantitative estimate of drug-likeness (QED) is 0.0273. The summed E-state index contributed by atoms with van der Waals surface area (Å²) in [5, 5.41) is 375. The average molecular weight is 2150 g/mol. The summed E-state index contributed by atoms with van der Waals surface area (Å²) in [5.41, 5.74) is 0. The highest BCUT2D eigenvalue weighted by Gasteiger charge is 2.64. The lowest BCUT2D eigenvalue weighted by Crippen LogP contribution is -2.71. The van der Waals surface area contributed by atoms with Crippen molar-refractivity contribution in [2.75, 3.05) is 72.7 Å². The zero-order valence-corrected chi connectivity index (χ0v) is 79.2. The first-order valence-corrected chi connectivity index (χ1v) is 47.0. The Labute approximate surface area is 832 Å². The highest BCUT2D eigenvalue weighted by molar-refractivity contribution is 5.75. The second kappa shape index (κ2) is 52.8. The Bertz CT molecular complexity index is 4110. The molecule has 12 rings (SSSR count). The number of carbonyl (C=O) groups excluding carboxylic acids is 5. The van der Waals surface area contributed by atoms with Gasteiger partial charge in [-0.05, 0) is 6.92 Å². The summed E-state index contributed by atoms with van der Waals surface area (Å²) in [7, 11) is 0. The van der Waals surface area contributed by atoms with Crippen molar-refractivity contribution in [1.29, 1.82) is 0 Å². The van der Waals surface area contributed by atoms with Crippen molar-refractivity contribution in [3.05, 3.63) is 0 Å². The van der Waals surface area contributed by atoms with Crippen LogP contribution in [0.4, 0.5) is 0 Å². The van der Waals surface area contributed by atoms with Gasteiger partial charge in [-0.15, -0.1) is 0 Å². The highest BCUT2D eigenvalue weighted by Crippen LogP contribution is 2.43. The fourth-order valence-electron chi connectivity index (χ4n) is 19.2. The molecular weight excluding hydrogens is 2010 g/mol. The van der Waals surface area contributed by atoms with Crippen molar-refractivity contribution in [2.45, 2.75) is 410 Å². The first-order valence-electron chi connectivity index (χ1n) is 47.0. The first-order chi connectivity index (χ1) is 69.6. The smallest absolute Gasteiger partial charge is 0.217 e. The van der Waals surface area contributed by atoms with Gasteiger partial charge in [0.1, 0.15) is 287 Å². The number of nitrogens with one attached hydrogen (secondary N) is 5. The van der Waals surface area contributed by atoms with Crippen LogP contribution < -0.4 is 26.6 Å². The van der Waals surface area contributed by atoms with Gasteiger partial charge in [0.15, 0.2) is 75.5 Å². The van der Waals surface area contributed by atoms with Crippen LogP contribution in [0.1, 0.15) is 41.5 Å². The topological polar surface area (TPSA) is 1010 Å². The fraction of sp³-hybridized carbons (Fsp3) is 0.939. The van der Waals surface area contributed by atoms with E-state index in [0.29, 0.717) is 0 Å². The van der Waals surface area contributed by atoms with E-state index in [2.05, 4.69) is 26.6 Å². The fourth-order valence-corrected chi connectivity index (χ4v) is 19.2. The maximum absolute atomic E-state index is 13.5. The lowest BCUT2D eigenvalue weighted by Gasteiger charge is -2.52. The maximum Gasteiger partial charge on any atom is 0.217 e. The second-order valence-corrected chi connectivity index (χ2v) is 37.3. The van der Waals surface area contributed by atoms with Crippen molar-refractivity contribution in [3.63, 3.8) is 0 Å². The zero-order valence-electron chi connectivity index (χ0n) is 79.2. The first kappa shape index (κ1) is 121. The number of amides is 5. The minimum atomic E-state index is -2.79. The number of carbonyl (C=O) groups is 5. The van der Waals surface area contributed by atoms with Crippen LogP contribution >= 0.6 is 0 Å². The van der Waals surface area contributed by atoms with E-state index >= 15 is 0 Å². The van der Waals surface area contributed by atoms with Gasteiger partial charge in [0, 0.05) is 34.6 Å². The third-order valence-corrected chi connectivity index (χ3v) is 27.1. The van der Waals surface area contributed by atoms with Gasteiger partial charge in [-0.2, -0.15) is 0 Å². The molecule has 65 nitrogen and oxygen atoms in total. The summed E-state index contributed by atoms with van der Waals surface area (Å²) >= 11 is 0. The van der Waals surface area contributed by atoms with E-state index < -0.39 is 470 Å². The van der Waals surface area contributed by atoms with Gasteiger partial charge in [0.2, 0.25) is 29.5 Å². The molecule has 0 unspecified atom stereocenters. The van der Waals surface area contributed by atoms with Crippen molar-refractivity contribution >= 4 is 29.5 Å². The predicted octanol–water partition coefficient (Wildman–Crippen LogP) is -25.4. The van der Waals surface area contributed by atoms with Crippen molar-refractivity contribution in [1.82, 2.24) is 26.6 Å². The molecule has 0 aromatic heterocycles. The lowest BCUT2D eigenvalue weighted by atomic mass is 9.93. The zero-order chi connectivity index (χ0) is 108. The van der Waals surface area contributed by atoms with Crippen LogP contribution in [0.5, 0.6) is 0 Å². The molecule has 12 aliphatic heterocycles. The molecule has 65 heteroatoms. The summed E-state index contributed by atoms with van der Waals surface area (Å²) in [4.78, 5) is 65.7. The van der Waals surface area contributed by atoms with Crippen LogP contribution in [0.2, 0.25) is 0 Å². The monoisotopic (exact) mass is 2150 g/mol. The Kier molecular flexibility index (Phi) is 43.4. The molecule has 0 radical (unpaired) electrons. The Morgan fingerprint density at radius 2 is 0.408 bits per heavy atom. The molecule has 0 bridgehead atoms. The largest absolute Gasteiger partial charge is 0.394 e. The Balaban J connectivity index is 0.926. The molecule has 147 heavy (non-hydrogen) atoms. The van der Waals surface area contributed by atoms with Crippen LogP contribution in [0.15, 0.2) is 0 Å². The van der Waals surface area contributed by atoms with Gasteiger partial charge in [-0.25, -0.2) is 0 Å². The molecule has 0 aromatic carbocycles. The lowest BCUT2D eigenvalue weighted by molar-refractivity contribution is -0.408. The van der Waals surface area contributed by atoms with Crippen LogP contribution in [0.3, 0.4) is 0 Å². The molecule has 0 aliphatic carbocycles. The molecule has 850 valence electrons. The molecule has 0 spiro atoms. The molecule has 12 fully saturated rings. The van der Waals surface area contributed by atoms with Crippen LogP contribution in [0.25, 0.3) is 0 Å². The maximum atomic E-state index is 13.5. The number of hydrogen-bond acceptors (Lipinski definition) is 60. The number of aliphatic hydroxyl groups is 32. The van der Waals surface area contributed by atoms with Crippen molar-refractivity contribution < 1.29 is 296 Å². The van der Waals surface area contributed by atoms with Gasteiger partial charge in [0.25, 0.3) is 0 Å². The summed E-state index contributed by atoms with van der Waals surface area (Å²) < 4.78 is 139. The number of aliphatic hydroxyl groups excluding tert-OH is 32. The van der Waals surface area contributed by atoms with E-state index in [1.54, 1.807) is 0 Å². The highest BCUT2D eigenvalue weighted by atomic mass is 16.8. The second-order valence-electron chi connectivity index (χ2n) is 37.3. The van der Waals surface area contributed by atoms with E-state index in [1.807, 2.05) is 0 Å². The standard InChI is InChI=1S/C82H137N5O60/c1-18-40(103)51(114)56(119)76(126-18)147-69-55(118)44(107)27(10-91)131-81(69)143-65-32(15-96)133-73(37(50(65)113)85-21(4)100)139-66-33(16-97)136-82(70(59(66)122)146-75-39(87-23(6)102)49(112)63(30(13-94)135-75)141-78-58(121)53(116)42(105)25(8-89)129-78)144-67-45(108)34(137-79(60(67)123)142-64-31(14-95)132-72(36(47(64)110)84-20(3)99)138-61-28(11-92)127-71(124)35(46(61)109)83-19(2)98)17-125-80-68(54(117)43(106)26(9-90)130-80)145-74-38(86-22(5)101)48(111)62(29(12-93)134-74)140-77-57(120)52(115)41(104)24(7-88)128-77/h18,24-82,88-97,103-124H,7-17H2,1-6H3,(H,83,98)(H,84,99)(H,85,100)(H,86,101)(H,87,102)/t18-,24+,25+,26+,27+,28+,29+,30+,31+,32+,33+,34+,35+,36+,37+,38+,39+,40+,41-,42-,43+,44-,45+,46+,47+,48+,49+,50+,51+,52-,53-,54-,55-,56-,57+,58+,59-,60-,61+,62+,63+,64+,65+,66+,67-,68-,69+,70-,71+,72-,73-,74-,75-,76-,77-,78-,79-,80-,81-,82+/m0/s1. The molecule has 60 atom stereocenters. The number of hydrogen-bond donors (Lipinski definition) is 37. The minimum Gasteiger partial charge on any atom is -0.394 e. The number of ether oxygens (including phenoxy) is 23. The molecule has 12 heterocycles. The normalized spacial score (nSPS) is 49.6. The van der Waals surface area contributed by atoms with E-state index in [9.17, 15) is 187 Å². The van der Waals surface area contributed by atoms with Crippen molar-refractivity contribution in [2.24, 2.45) is 0 Å². The van der Waals surface area contributed by atoms with Gasteiger partial charge >= 0.3 is 0 Å². The van der Waals surface area contributed by atoms with Crippen molar-refractivity contribution in [3.8, 4) is 0 Å². The summed E-state index contributed by atoms with van der Waals surface area (Å²) in [6.45, 7) is -7.55. The summed E-state index contributed by atoms with van der Waals surface area (Å²) in [5.74, 6) is -5.01. The molecule has 5 amide bonds. The molecule has 0 saturated carbocycles. The Morgan fingerprint density at radius 3 is 0.748 bits per heavy atom. The van der Waals surface area contributed by atoms with Gasteiger partial charge < -0.3 is 299 Å². The van der Waals surface area contributed by atoms with E-state index in [0.717, 1.165) is 34.6 Å². The molecule has 12 aliphatic rings. The summed E-state index contributed by atoms with van der Waals surface area (Å²) in [6, 6.07) is -10.1. The predicted molar refractivity (Wildman–Crippen MR) is 452 cm³/mol. The van der Waals surface area contributed by atoms with Gasteiger partial charge in [0.05, 0.1) is 78.8 Å². The third kappa shape index (κ3) is 26.7. The summed E-state index contributed by atoms with van der Waals surface area (Å²) in [6.07, 6.45) is -120. The molecule has 37 N–H and O–H groups in total. The average Bonchev–Trinajstić information content (AvgIpc) is 0.750. The molecular formula is C82H137N5O60. The third-order valence-electron chi connectivity index (χ3n) is 27.1. The minimum absolute atomic E-state index is 0.840. The number of rotatable bonds is 38. The van der Waals surface area contributed by atoms with Gasteiger partial charge in [-0.1, -0.05) is 0 Å². The Hall–Kier alpha value is -4.85. The van der Waals surface area contributed by atoms with Crippen LogP contribution in [0, 0.1) is 0 Å². The van der Waals surface area contributed by atoms with Gasteiger partial charge in [-0.3, -0.25) is 24.0 Å². The van der Waals surface area contributed by atoms with E-state index in [-0.39, 0.29) is 0 Å².